The number of hydrogen-bond donors (Lipinski definition) is 2. The first-order chi connectivity index (χ1) is 18.3. The number of carbonyl (C=O) groups is 3. The minimum Gasteiger partial charge on any atom is -0.325 e. The SMILES string of the molecule is O=C(c1cccc([N+](=O)[O-])c1)[C@@H]1[C@@]2(C(=O)Nc3ccccc32)[C@H]2CCCN2[C@@]12C(=O)Nc1ccc(Cl)cc12. The van der Waals surface area contributed by atoms with E-state index in [1.54, 1.807) is 24.3 Å². The molecule has 2 amide bonds. The van der Waals surface area contributed by atoms with Crippen molar-refractivity contribution in [2.24, 2.45) is 5.92 Å². The normalized spacial score (nSPS) is 28.8. The Kier molecular flexibility index (Phi) is 4.69. The number of fused-ring (bicyclic) bond motifs is 7. The van der Waals surface area contributed by atoms with Gasteiger partial charge in [-0.15, -0.1) is 0 Å². The Labute approximate surface area is 221 Å². The van der Waals surface area contributed by atoms with E-state index in [4.69, 9.17) is 11.6 Å². The third kappa shape index (κ3) is 2.62. The molecule has 190 valence electrons. The van der Waals surface area contributed by atoms with Crippen LogP contribution in [0.25, 0.3) is 0 Å². The van der Waals surface area contributed by atoms with Gasteiger partial charge in [-0.1, -0.05) is 41.9 Å². The Morgan fingerprint density at radius 3 is 2.55 bits per heavy atom. The molecule has 7 rings (SSSR count). The molecule has 2 N–H and O–H groups in total. The van der Waals surface area contributed by atoms with Crippen LogP contribution in [0.5, 0.6) is 0 Å². The zero-order chi connectivity index (χ0) is 26.4. The van der Waals surface area contributed by atoms with Gasteiger partial charge < -0.3 is 10.6 Å². The van der Waals surface area contributed by atoms with Gasteiger partial charge in [0.1, 0.15) is 11.0 Å². The second kappa shape index (κ2) is 7.72. The number of nitrogens with zero attached hydrogens (tertiary/aromatic N) is 2. The third-order valence-electron chi connectivity index (χ3n) is 8.69. The molecule has 4 aliphatic heterocycles. The minimum absolute atomic E-state index is 0.0737. The largest absolute Gasteiger partial charge is 0.325 e. The zero-order valence-corrected chi connectivity index (χ0v) is 20.7. The van der Waals surface area contributed by atoms with E-state index in [0.29, 0.717) is 40.5 Å². The second-order valence-electron chi connectivity index (χ2n) is 10.2. The number of ketones is 1. The summed E-state index contributed by atoms with van der Waals surface area (Å²) in [5.41, 5.74) is -0.759. The standard InChI is InChI=1S/C28H21ClN4O5/c29-16-10-11-21-19(14-16)28(26(36)31-21)24(23(34)15-5-3-6-17(13-15)33(37)38)27(22-9-4-12-32(22)28)18-7-1-2-8-20(18)30-25(27)35/h1-3,5-8,10-11,13-14,22,24H,4,9,12H2,(H,30,35)(H,31,36)/t22-,24-,27+,28-/m1/s1. The van der Waals surface area contributed by atoms with Gasteiger partial charge in [-0.3, -0.25) is 29.4 Å². The second-order valence-corrected chi connectivity index (χ2v) is 10.7. The highest BCUT2D eigenvalue weighted by Gasteiger charge is 2.78. The molecule has 0 unspecified atom stereocenters. The number of rotatable bonds is 3. The van der Waals surface area contributed by atoms with Crippen LogP contribution in [0, 0.1) is 16.0 Å². The first-order valence-electron chi connectivity index (χ1n) is 12.4. The molecular formula is C28H21ClN4O5. The minimum atomic E-state index is -1.53. The van der Waals surface area contributed by atoms with Crippen molar-refractivity contribution in [3.8, 4) is 0 Å². The number of Topliss-reactive ketones (excluding diaryl/α,β-unsaturated/α-hetero) is 1. The fourth-order valence-electron chi connectivity index (χ4n) is 7.46. The number of non-ortho nitro benzene ring substituents is 1. The van der Waals surface area contributed by atoms with E-state index in [0.717, 1.165) is 6.42 Å². The Bertz CT molecular complexity index is 1610. The molecule has 2 saturated heterocycles. The summed E-state index contributed by atoms with van der Waals surface area (Å²) in [6, 6.07) is 17.4. The van der Waals surface area contributed by atoms with Crippen molar-refractivity contribution in [2.45, 2.75) is 29.8 Å². The average molecular weight is 529 g/mol. The molecule has 4 atom stereocenters. The molecular weight excluding hydrogens is 508 g/mol. The average Bonchev–Trinajstić information content (AvgIpc) is 3.63. The summed E-state index contributed by atoms with van der Waals surface area (Å²) in [7, 11) is 0. The van der Waals surface area contributed by atoms with Gasteiger partial charge in [0, 0.05) is 45.7 Å². The fourth-order valence-corrected chi connectivity index (χ4v) is 7.63. The van der Waals surface area contributed by atoms with E-state index in [1.165, 1.54) is 24.3 Å². The highest BCUT2D eigenvalue weighted by Crippen LogP contribution is 2.66. The lowest BCUT2D eigenvalue weighted by Crippen LogP contribution is -2.55. The molecule has 9 nitrogen and oxygen atoms in total. The number of hydrogen-bond acceptors (Lipinski definition) is 6. The smallest absolute Gasteiger partial charge is 0.270 e. The van der Waals surface area contributed by atoms with Gasteiger partial charge in [-0.05, 0) is 49.2 Å². The van der Waals surface area contributed by atoms with Gasteiger partial charge in [0.05, 0.1) is 10.8 Å². The van der Waals surface area contributed by atoms with Crippen LogP contribution in [0.2, 0.25) is 5.02 Å². The molecule has 0 radical (unpaired) electrons. The molecule has 3 aromatic rings. The van der Waals surface area contributed by atoms with E-state index in [1.807, 2.05) is 23.1 Å². The van der Waals surface area contributed by atoms with Crippen LogP contribution in [-0.2, 0) is 20.5 Å². The number of halogens is 1. The summed E-state index contributed by atoms with van der Waals surface area (Å²) in [4.78, 5) is 56.1. The van der Waals surface area contributed by atoms with Crippen LogP contribution in [0.3, 0.4) is 0 Å². The molecule has 0 saturated carbocycles. The molecule has 2 fully saturated rings. The van der Waals surface area contributed by atoms with Gasteiger partial charge in [0.15, 0.2) is 5.78 Å². The third-order valence-corrected chi connectivity index (χ3v) is 8.93. The van der Waals surface area contributed by atoms with Crippen molar-refractivity contribution in [1.82, 2.24) is 4.90 Å². The molecule has 4 aliphatic rings. The van der Waals surface area contributed by atoms with Crippen molar-refractivity contribution in [3.05, 3.63) is 98.6 Å². The Morgan fingerprint density at radius 2 is 1.74 bits per heavy atom. The summed E-state index contributed by atoms with van der Waals surface area (Å²) >= 11 is 6.44. The number of amides is 2. The molecule has 2 spiro atoms. The van der Waals surface area contributed by atoms with Crippen molar-refractivity contribution in [3.63, 3.8) is 0 Å². The number of carbonyl (C=O) groups excluding carboxylic acids is 3. The maximum absolute atomic E-state index is 14.7. The zero-order valence-electron chi connectivity index (χ0n) is 19.9. The molecule has 3 aromatic carbocycles. The van der Waals surface area contributed by atoms with Gasteiger partial charge in [-0.25, -0.2) is 0 Å². The van der Waals surface area contributed by atoms with E-state index in [2.05, 4.69) is 10.6 Å². The van der Waals surface area contributed by atoms with Crippen molar-refractivity contribution in [1.29, 1.82) is 0 Å². The predicted octanol–water partition coefficient (Wildman–Crippen LogP) is 4.26. The molecule has 0 aliphatic carbocycles. The van der Waals surface area contributed by atoms with Gasteiger partial charge in [-0.2, -0.15) is 0 Å². The molecule has 0 aromatic heterocycles. The van der Waals surface area contributed by atoms with E-state index in [-0.39, 0.29) is 17.2 Å². The van der Waals surface area contributed by atoms with Crippen LogP contribution in [-0.4, -0.2) is 40.0 Å². The predicted molar refractivity (Wildman–Crippen MR) is 139 cm³/mol. The lowest BCUT2D eigenvalue weighted by Gasteiger charge is -2.38. The lowest BCUT2D eigenvalue weighted by molar-refractivity contribution is -0.384. The Balaban J connectivity index is 1.58. The maximum Gasteiger partial charge on any atom is 0.270 e. The number of nitrogens with one attached hydrogen (secondary N) is 2. The van der Waals surface area contributed by atoms with Crippen LogP contribution in [0.4, 0.5) is 17.1 Å². The van der Waals surface area contributed by atoms with Gasteiger partial charge >= 0.3 is 0 Å². The highest BCUT2D eigenvalue weighted by atomic mass is 35.5. The first-order valence-corrected chi connectivity index (χ1v) is 12.8. The quantitative estimate of drug-likeness (QED) is 0.297. The van der Waals surface area contributed by atoms with Crippen LogP contribution in [0.1, 0.15) is 34.3 Å². The topological polar surface area (TPSA) is 122 Å². The monoisotopic (exact) mass is 528 g/mol. The first kappa shape index (κ1) is 23.1. The summed E-state index contributed by atoms with van der Waals surface area (Å²) in [5, 5.41) is 17.9. The van der Waals surface area contributed by atoms with Crippen LogP contribution in [0.15, 0.2) is 66.7 Å². The summed E-state index contributed by atoms with van der Waals surface area (Å²) < 4.78 is 0. The summed E-state index contributed by atoms with van der Waals surface area (Å²) in [6.07, 6.45) is 1.34. The van der Waals surface area contributed by atoms with E-state index in [9.17, 15) is 24.5 Å². The van der Waals surface area contributed by atoms with E-state index >= 15 is 0 Å². The van der Waals surface area contributed by atoms with Crippen molar-refractivity contribution in [2.75, 3.05) is 17.2 Å². The molecule has 0 bridgehead atoms. The van der Waals surface area contributed by atoms with Crippen LogP contribution >= 0.6 is 11.6 Å². The number of anilines is 2. The number of para-hydroxylation sites is 1. The number of benzene rings is 3. The van der Waals surface area contributed by atoms with Crippen molar-refractivity contribution < 1.29 is 19.3 Å². The van der Waals surface area contributed by atoms with Gasteiger partial charge in [0.25, 0.3) is 5.69 Å². The maximum atomic E-state index is 14.7. The molecule has 10 heteroatoms. The van der Waals surface area contributed by atoms with Crippen molar-refractivity contribution >= 4 is 46.3 Å². The molecule has 38 heavy (non-hydrogen) atoms. The fraction of sp³-hybridized carbons (Fsp3) is 0.250. The lowest BCUT2D eigenvalue weighted by atomic mass is 9.60. The Hall–Kier alpha value is -4.08. The molecule has 4 heterocycles. The summed E-state index contributed by atoms with van der Waals surface area (Å²) in [5.74, 6) is -2.46. The van der Waals surface area contributed by atoms with Crippen LogP contribution < -0.4 is 10.6 Å². The Morgan fingerprint density at radius 1 is 0.974 bits per heavy atom. The number of nitro groups is 1. The highest BCUT2D eigenvalue weighted by molar-refractivity contribution is 6.31. The van der Waals surface area contributed by atoms with E-state index < -0.39 is 39.5 Å². The number of nitro benzene ring substituents is 1. The summed E-state index contributed by atoms with van der Waals surface area (Å²) in [6.45, 7) is 0.500. The van der Waals surface area contributed by atoms with Gasteiger partial charge in [0.2, 0.25) is 11.8 Å².